The standard InChI is InChI=1S/C62H72N8O19/c1-34-58-41(69-19-22-86-60(81-3)59(69)89-58)29-47(87-34)88-43-31-62(79,30-39-49(43)57(77)51-50(55(39)75)54(74)38-12-8-14-42(80-2)48(38)56(51)76)61(78)65-32-45(72)64-18-21-83-24-26-85-28-27-84-25-23-82-20-16-44(71)63-17-15-46(73)70-33-35-9-4-5-10-36(35)52-53(67-68-66-52)37-11-6-7-13-40(37)70/h4-14,34,41,43,47,58-60,75,77,79H,15-33H2,1-3H3,(H,63,71)(H,64,72)(H,65,78)(H,66,67,68). The van der Waals surface area contributed by atoms with Gasteiger partial charge in [0.15, 0.2) is 24.6 Å². The van der Waals surface area contributed by atoms with Gasteiger partial charge in [-0.15, -0.1) is 0 Å². The Hall–Kier alpha value is -7.80. The largest absolute Gasteiger partial charge is 0.507 e. The number of fused-ring (bicyclic) bond motifs is 11. The van der Waals surface area contributed by atoms with Crippen LogP contribution in [0, 0.1) is 0 Å². The molecule has 3 saturated heterocycles. The first-order chi connectivity index (χ1) is 43.2. The van der Waals surface area contributed by atoms with Gasteiger partial charge in [0, 0.05) is 92.7 Å². The number of benzene rings is 4. The quantitative estimate of drug-likeness (QED) is 0.0319. The number of ether oxygens (including phenoxy) is 10. The molecule has 5 aromatic rings. The van der Waals surface area contributed by atoms with Crippen LogP contribution < -0.4 is 25.6 Å². The molecule has 11 rings (SSSR count). The van der Waals surface area contributed by atoms with Gasteiger partial charge < -0.3 is 83.5 Å². The first-order valence-electron chi connectivity index (χ1n) is 29.7. The van der Waals surface area contributed by atoms with Crippen LogP contribution >= 0.6 is 0 Å². The normalized spacial score (nSPS) is 23.2. The van der Waals surface area contributed by atoms with Crippen molar-refractivity contribution in [3.05, 3.63) is 106 Å². The molecule has 5 heterocycles. The Kier molecular flexibility index (Phi) is 19.7. The number of para-hydroxylation sites is 1. The van der Waals surface area contributed by atoms with Gasteiger partial charge in [0.2, 0.25) is 23.5 Å². The van der Waals surface area contributed by atoms with E-state index in [4.69, 9.17) is 47.4 Å². The van der Waals surface area contributed by atoms with Gasteiger partial charge in [-0.3, -0.25) is 33.7 Å². The third-order valence-corrected chi connectivity index (χ3v) is 16.7. The number of carbonyl (C=O) groups excluding carboxylic acids is 6. The van der Waals surface area contributed by atoms with E-state index in [0.29, 0.717) is 31.1 Å². The zero-order valence-corrected chi connectivity index (χ0v) is 49.5. The van der Waals surface area contributed by atoms with Gasteiger partial charge in [-0.1, -0.05) is 54.6 Å². The highest BCUT2D eigenvalue weighted by atomic mass is 16.7. The van der Waals surface area contributed by atoms with Gasteiger partial charge >= 0.3 is 0 Å². The van der Waals surface area contributed by atoms with Crippen LogP contribution in [0.2, 0.25) is 0 Å². The summed E-state index contributed by atoms with van der Waals surface area (Å²) in [6, 6.07) is 19.5. The molecule has 4 aromatic carbocycles. The van der Waals surface area contributed by atoms with Crippen molar-refractivity contribution in [2.45, 2.75) is 94.3 Å². The number of nitrogens with zero attached hydrogens (tertiary/aromatic N) is 4. The average Bonchev–Trinajstić information content (AvgIpc) is 1.02. The monoisotopic (exact) mass is 1230 g/mol. The third-order valence-electron chi connectivity index (χ3n) is 16.7. The lowest BCUT2D eigenvalue weighted by Gasteiger charge is -2.43. The molecule has 4 amide bonds. The summed E-state index contributed by atoms with van der Waals surface area (Å²) in [6.45, 7) is 4.56. The third kappa shape index (κ3) is 13.1. The van der Waals surface area contributed by atoms with E-state index in [2.05, 4.69) is 36.3 Å². The number of aromatic hydroxyl groups is 2. The van der Waals surface area contributed by atoms with Crippen LogP contribution in [0.25, 0.3) is 22.5 Å². The molecule has 89 heavy (non-hydrogen) atoms. The molecule has 4 aliphatic heterocycles. The molecule has 0 saturated carbocycles. The Bertz CT molecular complexity index is 3450. The average molecular weight is 1230 g/mol. The van der Waals surface area contributed by atoms with Gasteiger partial charge in [0.25, 0.3) is 5.91 Å². The summed E-state index contributed by atoms with van der Waals surface area (Å²) in [6.07, 6.45) is -5.30. The molecule has 474 valence electrons. The molecule has 6 aliphatic rings. The summed E-state index contributed by atoms with van der Waals surface area (Å²) in [7, 11) is 2.86. The minimum atomic E-state index is -2.39. The number of hydrogen-bond donors (Lipinski definition) is 7. The fraction of sp³-hybridized carbons (Fsp3) is 0.484. The number of nitrogens with one attached hydrogen (secondary N) is 4. The van der Waals surface area contributed by atoms with E-state index < -0.39 is 108 Å². The number of phenols is 2. The highest BCUT2D eigenvalue weighted by molar-refractivity contribution is 6.31. The van der Waals surface area contributed by atoms with Crippen molar-refractivity contribution >= 4 is 40.9 Å². The number of amides is 4. The number of rotatable bonds is 25. The number of hydrogen-bond acceptors (Lipinski definition) is 22. The molecule has 0 radical (unpaired) electrons. The second kappa shape index (κ2) is 27.9. The Morgan fingerprint density at radius 3 is 2.17 bits per heavy atom. The van der Waals surface area contributed by atoms with Crippen LogP contribution in [0.4, 0.5) is 5.69 Å². The summed E-state index contributed by atoms with van der Waals surface area (Å²) < 4.78 is 58.3. The lowest BCUT2D eigenvalue weighted by atomic mass is 9.72. The van der Waals surface area contributed by atoms with E-state index in [-0.39, 0.29) is 131 Å². The van der Waals surface area contributed by atoms with Crippen molar-refractivity contribution < 1.29 is 91.5 Å². The number of ketones is 2. The SMILES string of the molecule is COc1cccc2c1C(=O)c1c(O)c3c(c(O)c1C2=O)CC(O)(C(=O)NCC(=O)NCCOCCOCCOCCOCCC(=O)NCCC(=O)N1Cc2ccccc2-c2n[nH]nc2-c2ccccc21)CC3OC1CC2C(OC3C(OC)OCCN23)C(C)O1. The van der Waals surface area contributed by atoms with Crippen LogP contribution in [0.1, 0.15) is 87.2 Å². The smallest absolute Gasteiger partial charge is 0.252 e. The van der Waals surface area contributed by atoms with Crippen molar-refractivity contribution in [2.75, 3.05) is 105 Å². The van der Waals surface area contributed by atoms with E-state index in [1.54, 1.807) is 4.90 Å². The Labute approximate surface area is 511 Å². The van der Waals surface area contributed by atoms with Crippen molar-refractivity contribution in [1.29, 1.82) is 0 Å². The molecule has 27 heteroatoms. The van der Waals surface area contributed by atoms with Gasteiger partial charge in [0.1, 0.15) is 40.3 Å². The number of aromatic amines is 1. The fourth-order valence-electron chi connectivity index (χ4n) is 12.5. The lowest BCUT2D eigenvalue weighted by Crippen LogP contribution is -2.55. The molecule has 27 nitrogen and oxygen atoms in total. The van der Waals surface area contributed by atoms with Crippen LogP contribution in [0.5, 0.6) is 17.2 Å². The number of aliphatic hydroxyl groups is 1. The van der Waals surface area contributed by atoms with Crippen LogP contribution in [-0.2, 0) is 74.8 Å². The minimum Gasteiger partial charge on any atom is -0.507 e. The first kappa shape index (κ1) is 62.8. The maximum absolute atomic E-state index is 14.3. The summed E-state index contributed by atoms with van der Waals surface area (Å²) in [5.41, 5.74) is 0.791. The van der Waals surface area contributed by atoms with E-state index in [9.17, 15) is 44.1 Å². The van der Waals surface area contributed by atoms with Crippen molar-refractivity contribution in [3.63, 3.8) is 0 Å². The Balaban J connectivity index is 0.582. The van der Waals surface area contributed by atoms with Gasteiger partial charge in [-0.2, -0.15) is 15.4 Å². The highest BCUT2D eigenvalue weighted by Gasteiger charge is 2.55. The van der Waals surface area contributed by atoms with Crippen LogP contribution in [0.15, 0.2) is 66.7 Å². The number of aromatic nitrogens is 3. The number of H-pyrrole nitrogens is 1. The summed E-state index contributed by atoms with van der Waals surface area (Å²) in [5.74, 6) is -4.91. The van der Waals surface area contributed by atoms with E-state index in [1.165, 1.54) is 32.4 Å². The topological polar surface area (TPSA) is 340 Å². The first-order valence-corrected chi connectivity index (χ1v) is 29.7. The Morgan fingerprint density at radius 1 is 0.742 bits per heavy atom. The van der Waals surface area contributed by atoms with Gasteiger partial charge in [0.05, 0.1) is 114 Å². The summed E-state index contributed by atoms with van der Waals surface area (Å²) >= 11 is 0. The number of carbonyl (C=O) groups is 6. The molecule has 0 spiro atoms. The molecule has 7 N–H and O–H groups in total. The molecule has 1 aromatic heterocycles. The number of phenolic OH excluding ortho intramolecular Hbond substituents is 2. The molecular formula is C62H72N8O19. The van der Waals surface area contributed by atoms with Gasteiger partial charge in [-0.25, -0.2) is 0 Å². The number of morpholine rings is 1. The summed E-state index contributed by atoms with van der Waals surface area (Å²) in [4.78, 5) is 85.5. The predicted molar refractivity (Wildman–Crippen MR) is 312 cm³/mol. The fourth-order valence-corrected chi connectivity index (χ4v) is 12.5. The van der Waals surface area contributed by atoms with Gasteiger partial charge in [-0.05, 0) is 24.6 Å². The second-order valence-electron chi connectivity index (χ2n) is 22.2. The van der Waals surface area contributed by atoms with E-state index >= 15 is 0 Å². The maximum atomic E-state index is 14.3. The molecule has 0 bridgehead atoms. The molecule has 8 atom stereocenters. The second-order valence-corrected chi connectivity index (χ2v) is 22.2. The highest BCUT2D eigenvalue weighted by Crippen LogP contribution is 2.53. The molecule has 3 fully saturated rings. The minimum absolute atomic E-state index is 0.0769. The zero-order chi connectivity index (χ0) is 62.3. The number of anilines is 1. The summed E-state index contributed by atoms with van der Waals surface area (Å²) in [5, 5.41) is 55.9. The maximum Gasteiger partial charge on any atom is 0.252 e. The van der Waals surface area contributed by atoms with Crippen molar-refractivity contribution in [1.82, 2.24) is 36.3 Å². The molecule has 8 unspecified atom stereocenters. The molecule has 2 aliphatic carbocycles. The van der Waals surface area contributed by atoms with E-state index in [1.807, 2.05) is 55.5 Å². The zero-order valence-electron chi connectivity index (χ0n) is 49.5. The molecular weight excluding hydrogens is 1160 g/mol. The Morgan fingerprint density at radius 2 is 1.42 bits per heavy atom. The van der Waals surface area contributed by atoms with Crippen molar-refractivity contribution in [3.8, 4) is 39.8 Å². The number of methoxy groups -OCH3 is 2. The van der Waals surface area contributed by atoms with Crippen LogP contribution in [0.3, 0.4) is 0 Å². The van der Waals surface area contributed by atoms with Crippen molar-refractivity contribution in [2.24, 2.45) is 0 Å². The van der Waals surface area contributed by atoms with E-state index in [0.717, 1.165) is 22.4 Å². The lowest BCUT2D eigenvalue weighted by molar-refractivity contribution is -0.256. The van der Waals surface area contributed by atoms with Crippen LogP contribution in [-0.4, -0.2) is 213 Å². The predicted octanol–water partition coefficient (Wildman–Crippen LogP) is 2.34.